The van der Waals surface area contributed by atoms with E-state index in [2.05, 4.69) is 42.0 Å². The van der Waals surface area contributed by atoms with E-state index in [-0.39, 0.29) is 0 Å². The van der Waals surface area contributed by atoms with Gasteiger partial charge in [0.15, 0.2) is 0 Å². The van der Waals surface area contributed by atoms with E-state index in [1.807, 2.05) is 20.0 Å². The maximum atomic E-state index is 5.50. The smallest absolute Gasteiger partial charge is 0.0641 e. The Balaban J connectivity index is 2.78. The number of nitrogens with one attached hydrogen (secondary N) is 1. The van der Waals surface area contributed by atoms with Gasteiger partial charge in [-0.05, 0) is 39.3 Å². The molecule has 1 heterocycles. The third-order valence-corrected chi connectivity index (χ3v) is 3.40. The molecule has 120 valence electrons. The molecule has 1 aromatic heterocycles. The number of anilines is 1. The molecule has 0 fully saturated rings. The van der Waals surface area contributed by atoms with Gasteiger partial charge in [-0.1, -0.05) is 13.8 Å². The van der Waals surface area contributed by atoms with Crippen LogP contribution >= 0.6 is 0 Å². The molecule has 0 spiro atoms. The summed E-state index contributed by atoms with van der Waals surface area (Å²) in [7, 11) is 0. The zero-order valence-electron chi connectivity index (χ0n) is 14.3. The van der Waals surface area contributed by atoms with Gasteiger partial charge >= 0.3 is 0 Å². The molecule has 0 unspecified atom stereocenters. The average Bonchev–Trinajstić information content (AvgIpc) is 2.45. The molecule has 4 nitrogen and oxygen atoms in total. The summed E-state index contributed by atoms with van der Waals surface area (Å²) in [6.07, 6.45) is 2.00. The van der Waals surface area contributed by atoms with Gasteiger partial charge in [0.25, 0.3) is 0 Å². The SMILES string of the molecule is CCOCCN(CC)c1cc(C)ncc1CNCC(C)C. The average molecular weight is 293 g/mol. The first-order chi connectivity index (χ1) is 10.1. The summed E-state index contributed by atoms with van der Waals surface area (Å²) >= 11 is 0. The summed E-state index contributed by atoms with van der Waals surface area (Å²) in [6, 6.07) is 2.18. The molecule has 0 aliphatic rings. The van der Waals surface area contributed by atoms with Gasteiger partial charge in [0.2, 0.25) is 0 Å². The molecular formula is C17H31N3O. The Hall–Kier alpha value is -1.13. The lowest BCUT2D eigenvalue weighted by Gasteiger charge is -2.26. The Kier molecular flexibility index (Phi) is 8.31. The number of rotatable bonds is 10. The molecule has 0 aliphatic carbocycles. The summed E-state index contributed by atoms with van der Waals surface area (Å²) in [5.41, 5.74) is 3.60. The number of aryl methyl sites for hydroxylation is 1. The summed E-state index contributed by atoms with van der Waals surface area (Å²) in [5.74, 6) is 0.659. The molecule has 1 N–H and O–H groups in total. The van der Waals surface area contributed by atoms with E-state index in [0.29, 0.717) is 5.92 Å². The second-order valence-electron chi connectivity index (χ2n) is 5.76. The van der Waals surface area contributed by atoms with E-state index in [9.17, 15) is 0 Å². The fraction of sp³-hybridized carbons (Fsp3) is 0.706. The molecule has 0 aromatic carbocycles. The predicted octanol–water partition coefficient (Wildman–Crippen LogP) is 3.00. The van der Waals surface area contributed by atoms with Gasteiger partial charge in [0.1, 0.15) is 0 Å². The zero-order valence-corrected chi connectivity index (χ0v) is 14.3. The summed E-state index contributed by atoms with van der Waals surface area (Å²) in [6.45, 7) is 16.1. The van der Waals surface area contributed by atoms with Crippen LogP contribution in [0, 0.1) is 12.8 Å². The predicted molar refractivity (Wildman–Crippen MR) is 89.9 cm³/mol. The first-order valence-electron chi connectivity index (χ1n) is 8.07. The van der Waals surface area contributed by atoms with Gasteiger partial charge in [-0.3, -0.25) is 4.98 Å². The molecule has 0 atom stereocenters. The summed E-state index contributed by atoms with van der Waals surface area (Å²) in [5, 5.41) is 3.51. The lowest BCUT2D eigenvalue weighted by atomic mass is 10.1. The van der Waals surface area contributed by atoms with Crippen molar-refractivity contribution in [2.45, 2.75) is 41.2 Å². The van der Waals surface area contributed by atoms with Crippen LogP contribution in [0.25, 0.3) is 0 Å². The minimum atomic E-state index is 0.659. The van der Waals surface area contributed by atoms with Crippen LogP contribution in [0.5, 0.6) is 0 Å². The molecule has 0 bridgehead atoms. The van der Waals surface area contributed by atoms with Crippen LogP contribution in [0.2, 0.25) is 0 Å². The maximum Gasteiger partial charge on any atom is 0.0641 e. The highest BCUT2D eigenvalue weighted by Crippen LogP contribution is 2.20. The van der Waals surface area contributed by atoms with Crippen LogP contribution in [-0.2, 0) is 11.3 Å². The number of pyridine rings is 1. The quantitative estimate of drug-likeness (QED) is 0.673. The minimum absolute atomic E-state index is 0.659. The molecular weight excluding hydrogens is 262 g/mol. The minimum Gasteiger partial charge on any atom is -0.380 e. The molecule has 4 heteroatoms. The van der Waals surface area contributed by atoms with Crippen molar-refractivity contribution in [1.29, 1.82) is 0 Å². The van der Waals surface area contributed by atoms with E-state index in [0.717, 1.165) is 45.1 Å². The molecule has 0 radical (unpaired) electrons. The van der Waals surface area contributed by atoms with Gasteiger partial charge in [-0.25, -0.2) is 0 Å². The number of ether oxygens (including phenoxy) is 1. The lowest BCUT2D eigenvalue weighted by molar-refractivity contribution is 0.154. The van der Waals surface area contributed by atoms with Crippen molar-refractivity contribution in [1.82, 2.24) is 10.3 Å². The van der Waals surface area contributed by atoms with Gasteiger partial charge < -0.3 is 15.0 Å². The fourth-order valence-corrected chi connectivity index (χ4v) is 2.27. The second-order valence-corrected chi connectivity index (χ2v) is 5.76. The van der Waals surface area contributed by atoms with Crippen LogP contribution in [0.15, 0.2) is 12.3 Å². The Bertz CT molecular complexity index is 407. The second kappa shape index (κ2) is 9.74. The number of aromatic nitrogens is 1. The van der Waals surface area contributed by atoms with Crippen molar-refractivity contribution in [3.8, 4) is 0 Å². The number of nitrogens with zero attached hydrogens (tertiary/aromatic N) is 2. The van der Waals surface area contributed by atoms with Gasteiger partial charge in [-0.2, -0.15) is 0 Å². The van der Waals surface area contributed by atoms with Crippen LogP contribution in [-0.4, -0.2) is 37.8 Å². The molecule has 1 aromatic rings. The molecule has 0 aliphatic heterocycles. The molecule has 1 rings (SSSR count). The third kappa shape index (κ3) is 6.44. The van der Waals surface area contributed by atoms with Crippen LogP contribution < -0.4 is 10.2 Å². The molecule has 0 amide bonds. The van der Waals surface area contributed by atoms with E-state index in [1.54, 1.807) is 0 Å². The number of likely N-dealkylation sites (N-methyl/N-ethyl adjacent to an activating group) is 1. The molecule has 21 heavy (non-hydrogen) atoms. The number of hydrogen-bond donors (Lipinski definition) is 1. The standard InChI is InChI=1S/C17H31N3O/c1-6-20(8-9-21-7-2)17-10-15(5)19-13-16(17)12-18-11-14(3)4/h10,13-14,18H,6-9,11-12H2,1-5H3. The Morgan fingerprint density at radius 1 is 1.33 bits per heavy atom. The lowest BCUT2D eigenvalue weighted by Crippen LogP contribution is -2.29. The number of hydrogen-bond acceptors (Lipinski definition) is 4. The van der Waals surface area contributed by atoms with Crippen molar-refractivity contribution in [2.75, 3.05) is 37.7 Å². The third-order valence-electron chi connectivity index (χ3n) is 3.40. The molecule has 0 saturated heterocycles. The monoisotopic (exact) mass is 293 g/mol. The fourth-order valence-electron chi connectivity index (χ4n) is 2.27. The van der Waals surface area contributed by atoms with Crippen molar-refractivity contribution in [3.63, 3.8) is 0 Å². The van der Waals surface area contributed by atoms with Crippen LogP contribution in [0.4, 0.5) is 5.69 Å². The van der Waals surface area contributed by atoms with E-state index < -0.39 is 0 Å². The highest BCUT2D eigenvalue weighted by Gasteiger charge is 2.11. The Morgan fingerprint density at radius 3 is 2.71 bits per heavy atom. The normalized spacial score (nSPS) is 11.1. The topological polar surface area (TPSA) is 37.4 Å². The van der Waals surface area contributed by atoms with Gasteiger partial charge in [0.05, 0.1) is 6.61 Å². The van der Waals surface area contributed by atoms with Gasteiger partial charge in [0, 0.05) is 49.4 Å². The van der Waals surface area contributed by atoms with Crippen molar-refractivity contribution in [3.05, 3.63) is 23.5 Å². The van der Waals surface area contributed by atoms with E-state index in [1.165, 1.54) is 11.3 Å². The van der Waals surface area contributed by atoms with Crippen molar-refractivity contribution >= 4 is 5.69 Å². The Labute approximate surface area is 129 Å². The van der Waals surface area contributed by atoms with Crippen LogP contribution in [0.1, 0.15) is 39.0 Å². The Morgan fingerprint density at radius 2 is 2.10 bits per heavy atom. The first kappa shape index (κ1) is 17.9. The van der Waals surface area contributed by atoms with E-state index in [4.69, 9.17) is 4.74 Å². The summed E-state index contributed by atoms with van der Waals surface area (Å²) < 4.78 is 5.50. The van der Waals surface area contributed by atoms with Gasteiger partial charge in [-0.15, -0.1) is 0 Å². The van der Waals surface area contributed by atoms with Crippen molar-refractivity contribution < 1.29 is 4.74 Å². The zero-order chi connectivity index (χ0) is 15.7. The maximum absolute atomic E-state index is 5.50. The van der Waals surface area contributed by atoms with E-state index >= 15 is 0 Å². The molecule has 0 saturated carbocycles. The van der Waals surface area contributed by atoms with Crippen molar-refractivity contribution in [2.24, 2.45) is 5.92 Å². The highest BCUT2D eigenvalue weighted by atomic mass is 16.5. The highest BCUT2D eigenvalue weighted by molar-refractivity contribution is 5.53. The van der Waals surface area contributed by atoms with Crippen LogP contribution in [0.3, 0.4) is 0 Å². The summed E-state index contributed by atoms with van der Waals surface area (Å²) in [4.78, 5) is 6.82. The largest absolute Gasteiger partial charge is 0.380 e. The first-order valence-corrected chi connectivity index (χ1v) is 8.07.